The van der Waals surface area contributed by atoms with Gasteiger partial charge in [-0.25, -0.2) is 0 Å². The van der Waals surface area contributed by atoms with Crippen LogP contribution in [0.15, 0.2) is 0 Å². The van der Waals surface area contributed by atoms with Gasteiger partial charge >= 0.3 is 5.97 Å². The molecule has 7 atom stereocenters. The van der Waals surface area contributed by atoms with Crippen LogP contribution in [0.3, 0.4) is 0 Å². The molecule has 4 aliphatic heterocycles. The summed E-state index contributed by atoms with van der Waals surface area (Å²) in [5.74, 6) is -0.911. The van der Waals surface area contributed by atoms with Gasteiger partial charge in [-0.15, -0.1) is 0 Å². The van der Waals surface area contributed by atoms with Crippen molar-refractivity contribution in [3.8, 4) is 0 Å². The standard InChI is InChI=1S/C21H33N3O8/c25-10-14-4-1-8-23(14)31-18-13-30-17(12-27)20(32-24-9-2-5-15(24)11-26)19(18)22-7-3-6-16(22)21(28)29/h10-11,14-20,27H,1-9,12-13H2,(H,28,29)/t14-,15-,16-,17?,18+,19+,20-/m0/s1. The Balaban J connectivity index is 1.62. The van der Waals surface area contributed by atoms with E-state index in [1.54, 1.807) is 10.1 Å². The normalized spacial score (nSPS) is 39.5. The van der Waals surface area contributed by atoms with E-state index in [0.717, 1.165) is 31.8 Å². The Morgan fingerprint density at radius 3 is 2.19 bits per heavy atom. The smallest absolute Gasteiger partial charge is 0.320 e. The summed E-state index contributed by atoms with van der Waals surface area (Å²) in [6, 6.07) is -1.96. The van der Waals surface area contributed by atoms with Gasteiger partial charge in [0, 0.05) is 13.1 Å². The highest BCUT2D eigenvalue weighted by molar-refractivity contribution is 5.73. The number of carboxylic acids is 1. The minimum Gasteiger partial charge on any atom is -0.480 e. The maximum absolute atomic E-state index is 12.0. The molecule has 0 aromatic heterocycles. The predicted molar refractivity (Wildman–Crippen MR) is 109 cm³/mol. The highest BCUT2D eigenvalue weighted by Gasteiger charge is 2.51. The number of aldehydes is 2. The topological polar surface area (TPSA) is 129 Å². The summed E-state index contributed by atoms with van der Waals surface area (Å²) in [7, 11) is 0. The van der Waals surface area contributed by atoms with E-state index in [-0.39, 0.29) is 25.3 Å². The van der Waals surface area contributed by atoms with Crippen LogP contribution < -0.4 is 0 Å². The second-order valence-corrected chi connectivity index (χ2v) is 8.97. The van der Waals surface area contributed by atoms with Gasteiger partial charge in [0.2, 0.25) is 0 Å². The summed E-state index contributed by atoms with van der Waals surface area (Å²) in [4.78, 5) is 49.3. The van der Waals surface area contributed by atoms with Gasteiger partial charge < -0.3 is 24.5 Å². The molecule has 0 aliphatic carbocycles. The number of aliphatic carboxylic acids is 1. The quantitative estimate of drug-likeness (QED) is 0.425. The third kappa shape index (κ3) is 4.74. The molecule has 11 nitrogen and oxygen atoms in total. The number of rotatable bonds is 9. The van der Waals surface area contributed by atoms with Crippen molar-refractivity contribution in [1.29, 1.82) is 0 Å². The van der Waals surface area contributed by atoms with E-state index in [2.05, 4.69) is 0 Å². The largest absolute Gasteiger partial charge is 0.480 e. The van der Waals surface area contributed by atoms with E-state index in [1.165, 1.54) is 0 Å². The highest BCUT2D eigenvalue weighted by Crippen LogP contribution is 2.34. The summed E-state index contributed by atoms with van der Waals surface area (Å²) in [6.45, 7) is 1.55. The Kier molecular flexibility index (Phi) is 7.87. The SMILES string of the molecule is O=C[C@@H]1CCCN1O[C@@H]1COC(CO)[C@H](ON2CCC[C@H]2C=O)[C@@H]1N1CCC[C@H]1C(=O)O. The monoisotopic (exact) mass is 455 g/mol. The predicted octanol–water partition coefficient (Wildman–Crippen LogP) is -0.778. The molecule has 4 aliphatic rings. The van der Waals surface area contributed by atoms with Crippen molar-refractivity contribution in [3.05, 3.63) is 0 Å². The lowest BCUT2D eigenvalue weighted by Crippen LogP contribution is -2.66. The first kappa shape index (κ1) is 23.7. The molecule has 4 heterocycles. The van der Waals surface area contributed by atoms with Gasteiger partial charge in [-0.05, 0) is 45.1 Å². The Labute approximate surface area is 187 Å². The third-order valence-electron chi connectivity index (χ3n) is 7.04. The first-order valence-corrected chi connectivity index (χ1v) is 11.6. The number of hydrogen-bond acceptors (Lipinski definition) is 10. The third-order valence-corrected chi connectivity index (χ3v) is 7.04. The van der Waals surface area contributed by atoms with Crippen molar-refractivity contribution in [2.75, 3.05) is 32.8 Å². The number of aliphatic hydroxyl groups is 1. The van der Waals surface area contributed by atoms with Crippen LogP contribution in [0.2, 0.25) is 0 Å². The molecule has 2 N–H and O–H groups in total. The van der Waals surface area contributed by atoms with E-state index in [4.69, 9.17) is 14.4 Å². The van der Waals surface area contributed by atoms with E-state index in [9.17, 15) is 24.6 Å². The summed E-state index contributed by atoms with van der Waals surface area (Å²) < 4.78 is 5.89. The van der Waals surface area contributed by atoms with Crippen LogP contribution >= 0.6 is 0 Å². The molecule has 180 valence electrons. The lowest BCUT2D eigenvalue weighted by Gasteiger charge is -2.48. The fourth-order valence-electron chi connectivity index (χ4n) is 5.43. The summed E-state index contributed by atoms with van der Waals surface area (Å²) in [5, 5.41) is 23.1. The number of likely N-dealkylation sites (tertiary alicyclic amines) is 1. The lowest BCUT2D eigenvalue weighted by atomic mass is 9.94. The molecule has 0 spiro atoms. The second-order valence-electron chi connectivity index (χ2n) is 8.97. The average molecular weight is 456 g/mol. The molecular formula is C21H33N3O8. The zero-order chi connectivity index (χ0) is 22.7. The molecule has 4 saturated heterocycles. The van der Waals surface area contributed by atoms with Crippen molar-refractivity contribution in [2.45, 2.75) is 81.0 Å². The maximum Gasteiger partial charge on any atom is 0.320 e. The Morgan fingerprint density at radius 2 is 1.59 bits per heavy atom. The lowest BCUT2D eigenvalue weighted by molar-refractivity contribution is -0.314. The summed E-state index contributed by atoms with van der Waals surface area (Å²) in [6.07, 6.45) is 3.97. The molecule has 0 radical (unpaired) electrons. The molecule has 0 amide bonds. The van der Waals surface area contributed by atoms with Crippen LogP contribution in [0.4, 0.5) is 0 Å². The molecule has 4 rings (SSSR count). The van der Waals surface area contributed by atoms with Crippen molar-refractivity contribution < 1.29 is 39.0 Å². The number of ether oxygens (including phenoxy) is 1. The van der Waals surface area contributed by atoms with Crippen LogP contribution in [-0.2, 0) is 28.8 Å². The van der Waals surface area contributed by atoms with Gasteiger partial charge in [0.05, 0.1) is 31.3 Å². The fraction of sp³-hybridized carbons (Fsp3) is 0.857. The molecule has 1 unspecified atom stereocenters. The van der Waals surface area contributed by atoms with Crippen molar-refractivity contribution in [1.82, 2.24) is 15.0 Å². The van der Waals surface area contributed by atoms with Gasteiger partial charge in [0.25, 0.3) is 0 Å². The Hall–Kier alpha value is -1.47. The zero-order valence-electron chi connectivity index (χ0n) is 18.2. The molecule has 32 heavy (non-hydrogen) atoms. The highest BCUT2D eigenvalue weighted by atomic mass is 16.7. The first-order valence-electron chi connectivity index (χ1n) is 11.6. The van der Waals surface area contributed by atoms with Gasteiger partial charge in [-0.1, -0.05) is 0 Å². The molecule has 0 saturated carbocycles. The van der Waals surface area contributed by atoms with Gasteiger partial charge in [-0.3, -0.25) is 19.4 Å². The number of nitrogens with zero attached hydrogens (tertiary/aromatic N) is 3. The number of carbonyl (C=O) groups excluding carboxylic acids is 2. The average Bonchev–Trinajstić information content (AvgIpc) is 3.54. The van der Waals surface area contributed by atoms with Crippen LogP contribution in [0.5, 0.6) is 0 Å². The summed E-state index contributed by atoms with van der Waals surface area (Å²) >= 11 is 0. The first-order chi connectivity index (χ1) is 15.6. The second kappa shape index (κ2) is 10.6. The number of hydroxylamine groups is 4. The molecule has 0 aromatic carbocycles. The van der Waals surface area contributed by atoms with E-state index < -0.39 is 36.4 Å². The molecule has 11 heteroatoms. The Morgan fingerprint density at radius 1 is 0.969 bits per heavy atom. The van der Waals surface area contributed by atoms with E-state index in [1.807, 2.05) is 4.90 Å². The van der Waals surface area contributed by atoms with Crippen LogP contribution in [0, 0.1) is 0 Å². The van der Waals surface area contributed by atoms with E-state index in [0.29, 0.717) is 38.9 Å². The minimum absolute atomic E-state index is 0.137. The van der Waals surface area contributed by atoms with Crippen LogP contribution in [-0.4, -0.2) is 119 Å². The number of aliphatic hydroxyl groups excluding tert-OH is 1. The number of hydrogen-bond donors (Lipinski definition) is 2. The van der Waals surface area contributed by atoms with Gasteiger partial charge in [-0.2, -0.15) is 10.1 Å². The van der Waals surface area contributed by atoms with Crippen LogP contribution in [0.25, 0.3) is 0 Å². The number of carboxylic acid groups (broad SMARTS) is 1. The minimum atomic E-state index is -0.911. The van der Waals surface area contributed by atoms with Crippen molar-refractivity contribution in [3.63, 3.8) is 0 Å². The van der Waals surface area contributed by atoms with Crippen molar-refractivity contribution >= 4 is 18.5 Å². The zero-order valence-corrected chi connectivity index (χ0v) is 18.2. The van der Waals surface area contributed by atoms with Gasteiger partial charge in [0.15, 0.2) is 0 Å². The van der Waals surface area contributed by atoms with Crippen molar-refractivity contribution in [2.24, 2.45) is 0 Å². The number of carbonyl (C=O) groups is 3. The van der Waals surface area contributed by atoms with Gasteiger partial charge in [0.1, 0.15) is 36.9 Å². The molecular weight excluding hydrogens is 422 g/mol. The molecule has 0 bridgehead atoms. The maximum atomic E-state index is 12.0. The molecule has 4 fully saturated rings. The Bertz CT molecular complexity index is 681. The fourth-order valence-corrected chi connectivity index (χ4v) is 5.43. The molecule has 0 aromatic rings. The van der Waals surface area contributed by atoms with E-state index >= 15 is 0 Å². The summed E-state index contributed by atoms with van der Waals surface area (Å²) in [5.41, 5.74) is 0. The van der Waals surface area contributed by atoms with Crippen LogP contribution in [0.1, 0.15) is 38.5 Å².